The summed E-state index contributed by atoms with van der Waals surface area (Å²) in [6.45, 7) is 6.44. The largest absolute Gasteiger partial charge is 2.00 e. The Balaban J connectivity index is 0.00000121. The van der Waals surface area contributed by atoms with Crippen molar-refractivity contribution in [3.05, 3.63) is 96.1 Å². The molecule has 3 heteroatoms. The molecular weight excluding hydrogens is 538 g/mol. The number of hydrogen-bond donors (Lipinski definition) is 0. The topological polar surface area (TPSA) is 0 Å². The normalized spacial score (nSPS) is 16.0. The quantitative estimate of drug-likeness (QED) is 0.372. The number of allylic oxidation sites excluding steroid dienone is 5. The van der Waals surface area contributed by atoms with E-state index in [1.165, 1.54) is 22.3 Å². The molecule has 0 spiro atoms. The summed E-state index contributed by atoms with van der Waals surface area (Å²) in [5.41, 5.74) is 7.46. The maximum atomic E-state index is 4.10. The van der Waals surface area contributed by atoms with E-state index in [1.807, 2.05) is 0 Å². The summed E-state index contributed by atoms with van der Waals surface area (Å²) in [5, 5.41) is 0. The fourth-order valence-electron chi connectivity index (χ4n) is 4.83. The average molecular weight is 562 g/mol. The van der Waals surface area contributed by atoms with Crippen molar-refractivity contribution in [3.63, 3.8) is 0 Å². The summed E-state index contributed by atoms with van der Waals surface area (Å²) in [7, 11) is 0. The maximum absolute atomic E-state index is 4.10. The molecule has 0 heterocycles. The predicted molar refractivity (Wildman–Crippen MR) is 103 cm³/mol. The van der Waals surface area contributed by atoms with E-state index in [0.29, 0.717) is 5.92 Å². The number of benzene rings is 2. The van der Waals surface area contributed by atoms with Gasteiger partial charge in [0, 0.05) is 11.3 Å². The van der Waals surface area contributed by atoms with Crippen molar-refractivity contribution in [2.24, 2.45) is 5.41 Å². The zero-order valence-corrected chi connectivity index (χ0v) is 20.7. The van der Waals surface area contributed by atoms with Crippen LogP contribution >= 0.6 is 0 Å². The first-order valence-corrected chi connectivity index (χ1v) is 8.97. The van der Waals surface area contributed by atoms with Crippen LogP contribution < -0.4 is 24.8 Å². The minimum absolute atomic E-state index is 0. The van der Waals surface area contributed by atoms with Crippen LogP contribution in [0.5, 0.6) is 0 Å². The molecule has 4 rings (SSSR count). The smallest absolute Gasteiger partial charge is 1.00 e. The standard InChI is InChI=1S/C24H24.2ClH.Hf/c1-3-17-24(4-2,18-11-5-6-12-18)23-21-15-9-7-13-19(21)20-14-8-10-16-22(20)23;;;/h3,5-11,13-16,23H,1,4,12,17H2,2H3;2*1H;/q;;;+2/p-2. The Labute approximate surface area is 194 Å². The third kappa shape index (κ3) is 3.84. The van der Waals surface area contributed by atoms with Crippen LogP contribution in [0.1, 0.15) is 43.2 Å². The van der Waals surface area contributed by atoms with E-state index < -0.39 is 0 Å². The van der Waals surface area contributed by atoms with Gasteiger partial charge in [0.1, 0.15) is 0 Å². The van der Waals surface area contributed by atoms with Crippen LogP contribution in [0.3, 0.4) is 0 Å². The molecule has 0 aromatic heterocycles. The summed E-state index contributed by atoms with van der Waals surface area (Å²) < 4.78 is 0. The second kappa shape index (κ2) is 10.1. The third-order valence-electron chi connectivity index (χ3n) is 5.94. The molecule has 2 aliphatic rings. The second-order valence-corrected chi connectivity index (χ2v) is 6.93. The van der Waals surface area contributed by atoms with Crippen LogP contribution in [-0.4, -0.2) is 0 Å². The van der Waals surface area contributed by atoms with Crippen molar-refractivity contribution in [2.75, 3.05) is 0 Å². The van der Waals surface area contributed by atoms with Crippen LogP contribution in [0, 0.1) is 5.41 Å². The van der Waals surface area contributed by atoms with Gasteiger partial charge in [-0.05, 0) is 41.5 Å². The van der Waals surface area contributed by atoms with Crippen molar-refractivity contribution in [1.82, 2.24) is 0 Å². The van der Waals surface area contributed by atoms with Gasteiger partial charge in [-0.3, -0.25) is 0 Å². The summed E-state index contributed by atoms with van der Waals surface area (Å²) in [6.07, 6.45) is 12.2. The van der Waals surface area contributed by atoms with E-state index in [1.54, 1.807) is 5.57 Å². The van der Waals surface area contributed by atoms with Crippen LogP contribution in [-0.2, 0) is 25.8 Å². The van der Waals surface area contributed by atoms with E-state index in [0.717, 1.165) is 19.3 Å². The van der Waals surface area contributed by atoms with Crippen molar-refractivity contribution < 1.29 is 50.7 Å². The zero-order chi connectivity index (χ0) is 16.6. The summed E-state index contributed by atoms with van der Waals surface area (Å²) in [5.74, 6) is 0.416. The van der Waals surface area contributed by atoms with E-state index in [9.17, 15) is 0 Å². The molecule has 0 N–H and O–H groups in total. The molecule has 1 atom stereocenters. The van der Waals surface area contributed by atoms with Crippen molar-refractivity contribution in [2.45, 2.75) is 32.1 Å². The van der Waals surface area contributed by atoms with Crippen molar-refractivity contribution in [1.29, 1.82) is 0 Å². The molecule has 1 unspecified atom stereocenters. The van der Waals surface area contributed by atoms with Gasteiger partial charge in [0.25, 0.3) is 0 Å². The summed E-state index contributed by atoms with van der Waals surface area (Å²) in [4.78, 5) is 0. The van der Waals surface area contributed by atoms with E-state index >= 15 is 0 Å². The first kappa shape index (κ1) is 24.1. The number of fused-ring (bicyclic) bond motifs is 3. The van der Waals surface area contributed by atoms with Gasteiger partial charge in [-0.15, -0.1) is 6.58 Å². The molecule has 2 aromatic carbocycles. The van der Waals surface area contributed by atoms with Gasteiger partial charge in [-0.25, -0.2) is 0 Å². The fourth-order valence-corrected chi connectivity index (χ4v) is 4.83. The molecule has 0 saturated carbocycles. The Morgan fingerprint density at radius 1 is 1.00 bits per heavy atom. The van der Waals surface area contributed by atoms with Crippen molar-refractivity contribution in [3.8, 4) is 11.1 Å². The number of rotatable bonds is 5. The average Bonchev–Trinajstić information content (AvgIpc) is 3.27. The van der Waals surface area contributed by atoms with E-state index in [2.05, 4.69) is 86.3 Å². The molecular formula is C24H24Cl2Hf. The molecule has 27 heavy (non-hydrogen) atoms. The van der Waals surface area contributed by atoms with E-state index in [4.69, 9.17) is 0 Å². The molecule has 138 valence electrons. The Morgan fingerprint density at radius 2 is 1.56 bits per heavy atom. The molecule has 0 saturated heterocycles. The van der Waals surface area contributed by atoms with Gasteiger partial charge >= 0.3 is 25.8 Å². The summed E-state index contributed by atoms with van der Waals surface area (Å²) >= 11 is 0. The molecule has 0 aliphatic heterocycles. The molecule has 0 radical (unpaired) electrons. The Bertz CT molecular complexity index is 807. The van der Waals surface area contributed by atoms with Gasteiger partial charge in [0.05, 0.1) is 0 Å². The van der Waals surface area contributed by atoms with Crippen LogP contribution in [0.25, 0.3) is 11.1 Å². The van der Waals surface area contributed by atoms with Gasteiger partial charge in [0.2, 0.25) is 0 Å². The second-order valence-electron chi connectivity index (χ2n) is 6.93. The monoisotopic (exact) mass is 562 g/mol. The fraction of sp³-hybridized carbons (Fsp3) is 0.250. The number of halogens is 2. The third-order valence-corrected chi connectivity index (χ3v) is 5.94. The van der Waals surface area contributed by atoms with Crippen LogP contribution in [0.2, 0.25) is 0 Å². The van der Waals surface area contributed by atoms with Gasteiger partial charge < -0.3 is 24.8 Å². The molecule has 0 nitrogen and oxygen atoms in total. The van der Waals surface area contributed by atoms with Crippen molar-refractivity contribution >= 4 is 0 Å². The first-order valence-electron chi connectivity index (χ1n) is 8.97. The zero-order valence-electron chi connectivity index (χ0n) is 15.6. The Kier molecular flexibility index (Phi) is 8.99. The van der Waals surface area contributed by atoms with Gasteiger partial charge in [0.15, 0.2) is 0 Å². The molecule has 0 fully saturated rings. The van der Waals surface area contributed by atoms with Crippen LogP contribution in [0.4, 0.5) is 0 Å². The van der Waals surface area contributed by atoms with Gasteiger partial charge in [-0.2, -0.15) is 0 Å². The Hall–Kier alpha value is -0.890. The van der Waals surface area contributed by atoms with Crippen LogP contribution in [0.15, 0.2) is 85.0 Å². The minimum atomic E-state index is 0. The Morgan fingerprint density at radius 3 is 2.00 bits per heavy atom. The molecule has 2 aliphatic carbocycles. The molecule has 0 bridgehead atoms. The molecule has 2 aromatic rings. The first-order chi connectivity index (χ1) is 11.8. The SMILES string of the molecule is C=CCC(CC)(C1=CC=CC1)C1c2ccccc2-c2ccccc21.[Cl-].[Cl-].[Hf+2]. The van der Waals surface area contributed by atoms with E-state index in [-0.39, 0.29) is 56.1 Å². The minimum Gasteiger partial charge on any atom is -1.00 e. The molecule has 0 amide bonds. The number of hydrogen-bond acceptors (Lipinski definition) is 0. The summed E-state index contributed by atoms with van der Waals surface area (Å²) in [6, 6.07) is 17.9. The maximum Gasteiger partial charge on any atom is 2.00 e. The van der Waals surface area contributed by atoms with Gasteiger partial charge in [-0.1, -0.05) is 85.3 Å². The predicted octanol–water partition coefficient (Wildman–Crippen LogP) is 0.663.